The van der Waals surface area contributed by atoms with E-state index in [9.17, 15) is 9.90 Å². The summed E-state index contributed by atoms with van der Waals surface area (Å²) in [6.45, 7) is 0.604. The third-order valence-electron chi connectivity index (χ3n) is 3.72. The number of benzene rings is 2. The Labute approximate surface area is 124 Å². The first kappa shape index (κ1) is 13.6. The molecule has 1 heterocycles. The lowest BCUT2D eigenvalue weighted by Gasteiger charge is -2.23. The summed E-state index contributed by atoms with van der Waals surface area (Å²) in [7, 11) is 0. The van der Waals surface area contributed by atoms with E-state index in [1.165, 1.54) is 0 Å². The Kier molecular flexibility index (Phi) is 3.88. The largest absolute Gasteiger partial charge is 0.388 e. The summed E-state index contributed by atoms with van der Waals surface area (Å²) in [6.07, 6.45) is 0.945. The van der Waals surface area contributed by atoms with Gasteiger partial charge in [0.15, 0.2) is 0 Å². The standard InChI is InChI=1S/C17H18N2O2/c20-16-11-6-12-19(15-10-5-4-9-14(15)16)17(21)18-13-7-2-1-3-8-13/h1-5,7-10,16,20H,6,11-12H2,(H,18,21). The number of fused-ring (bicyclic) bond motifs is 1. The summed E-state index contributed by atoms with van der Waals surface area (Å²) < 4.78 is 0. The van der Waals surface area contributed by atoms with Crippen molar-refractivity contribution in [1.82, 2.24) is 0 Å². The number of nitrogens with one attached hydrogen (secondary N) is 1. The highest BCUT2D eigenvalue weighted by Crippen LogP contribution is 2.32. The highest BCUT2D eigenvalue weighted by molar-refractivity contribution is 6.02. The molecule has 1 unspecified atom stereocenters. The fourth-order valence-corrected chi connectivity index (χ4v) is 2.66. The molecule has 0 fully saturated rings. The minimum atomic E-state index is -0.504. The van der Waals surface area contributed by atoms with Crippen LogP contribution in [0.2, 0.25) is 0 Å². The average molecular weight is 282 g/mol. The summed E-state index contributed by atoms with van der Waals surface area (Å²) >= 11 is 0. The highest BCUT2D eigenvalue weighted by atomic mass is 16.3. The smallest absolute Gasteiger partial charge is 0.326 e. The van der Waals surface area contributed by atoms with Gasteiger partial charge in [0, 0.05) is 17.8 Å². The van der Waals surface area contributed by atoms with Gasteiger partial charge in [-0.15, -0.1) is 0 Å². The molecule has 1 atom stereocenters. The Morgan fingerprint density at radius 1 is 1.10 bits per heavy atom. The van der Waals surface area contributed by atoms with Gasteiger partial charge >= 0.3 is 6.03 Å². The van der Waals surface area contributed by atoms with Crippen LogP contribution in [0.5, 0.6) is 0 Å². The van der Waals surface area contributed by atoms with E-state index in [0.717, 1.165) is 23.4 Å². The maximum absolute atomic E-state index is 12.5. The van der Waals surface area contributed by atoms with Crippen molar-refractivity contribution in [3.63, 3.8) is 0 Å². The van der Waals surface area contributed by atoms with Gasteiger partial charge in [0.1, 0.15) is 0 Å². The molecule has 4 nitrogen and oxygen atoms in total. The number of para-hydroxylation sites is 2. The Balaban J connectivity index is 1.87. The number of amides is 2. The predicted octanol–water partition coefficient (Wildman–Crippen LogP) is 3.55. The van der Waals surface area contributed by atoms with Gasteiger partial charge in [0.2, 0.25) is 0 Å². The van der Waals surface area contributed by atoms with Gasteiger partial charge in [-0.05, 0) is 31.0 Å². The van der Waals surface area contributed by atoms with E-state index in [-0.39, 0.29) is 6.03 Å². The third kappa shape index (κ3) is 2.90. The lowest BCUT2D eigenvalue weighted by molar-refractivity contribution is 0.168. The van der Waals surface area contributed by atoms with Crippen LogP contribution in [0.25, 0.3) is 0 Å². The number of rotatable bonds is 1. The first-order valence-electron chi connectivity index (χ1n) is 7.16. The number of carbonyl (C=O) groups excluding carboxylic acids is 1. The molecule has 0 spiro atoms. The van der Waals surface area contributed by atoms with Crippen LogP contribution in [0.4, 0.5) is 16.2 Å². The zero-order chi connectivity index (χ0) is 14.7. The monoisotopic (exact) mass is 282 g/mol. The van der Waals surface area contributed by atoms with Gasteiger partial charge in [-0.1, -0.05) is 36.4 Å². The van der Waals surface area contributed by atoms with E-state index in [2.05, 4.69) is 5.32 Å². The molecule has 0 aromatic heterocycles. The van der Waals surface area contributed by atoms with Gasteiger partial charge in [-0.2, -0.15) is 0 Å². The average Bonchev–Trinajstić information content (AvgIpc) is 2.68. The molecular formula is C17H18N2O2. The second kappa shape index (κ2) is 5.97. The van der Waals surface area contributed by atoms with Crippen molar-refractivity contribution in [3.8, 4) is 0 Å². The Morgan fingerprint density at radius 3 is 2.62 bits per heavy atom. The quantitative estimate of drug-likeness (QED) is 0.840. The summed E-state index contributed by atoms with van der Waals surface area (Å²) in [5.41, 5.74) is 2.37. The molecule has 2 aromatic carbocycles. The predicted molar refractivity (Wildman–Crippen MR) is 83.4 cm³/mol. The molecular weight excluding hydrogens is 264 g/mol. The number of hydrogen-bond donors (Lipinski definition) is 2. The van der Waals surface area contributed by atoms with Crippen molar-refractivity contribution in [2.75, 3.05) is 16.8 Å². The Morgan fingerprint density at radius 2 is 1.81 bits per heavy atom. The number of hydrogen-bond acceptors (Lipinski definition) is 2. The minimum absolute atomic E-state index is 0.164. The maximum atomic E-state index is 12.5. The van der Waals surface area contributed by atoms with Crippen LogP contribution >= 0.6 is 0 Å². The number of nitrogens with zero attached hydrogens (tertiary/aromatic N) is 1. The van der Waals surface area contributed by atoms with Crippen molar-refractivity contribution in [3.05, 3.63) is 60.2 Å². The number of urea groups is 1. The molecule has 3 rings (SSSR count). The van der Waals surface area contributed by atoms with Gasteiger partial charge in [-0.3, -0.25) is 4.90 Å². The number of carbonyl (C=O) groups is 1. The zero-order valence-corrected chi connectivity index (χ0v) is 11.7. The lowest BCUT2D eigenvalue weighted by atomic mass is 10.0. The van der Waals surface area contributed by atoms with Crippen molar-refractivity contribution in [2.45, 2.75) is 18.9 Å². The number of aliphatic hydroxyl groups excluding tert-OH is 1. The molecule has 1 aliphatic heterocycles. The molecule has 1 aliphatic rings. The van der Waals surface area contributed by atoms with Crippen molar-refractivity contribution in [1.29, 1.82) is 0 Å². The second-order valence-electron chi connectivity index (χ2n) is 5.16. The normalized spacial score (nSPS) is 17.8. The zero-order valence-electron chi connectivity index (χ0n) is 11.7. The molecule has 4 heteroatoms. The Bertz CT molecular complexity index is 628. The minimum Gasteiger partial charge on any atom is -0.388 e. The van der Waals surface area contributed by atoms with E-state index >= 15 is 0 Å². The van der Waals surface area contributed by atoms with E-state index in [4.69, 9.17) is 0 Å². The van der Waals surface area contributed by atoms with Gasteiger partial charge in [-0.25, -0.2) is 4.79 Å². The molecule has 2 amide bonds. The van der Waals surface area contributed by atoms with Gasteiger partial charge in [0.25, 0.3) is 0 Å². The van der Waals surface area contributed by atoms with E-state index in [0.29, 0.717) is 13.0 Å². The molecule has 21 heavy (non-hydrogen) atoms. The Hall–Kier alpha value is -2.33. The van der Waals surface area contributed by atoms with E-state index < -0.39 is 6.10 Å². The first-order chi connectivity index (χ1) is 10.3. The molecule has 108 valence electrons. The van der Waals surface area contributed by atoms with Gasteiger partial charge < -0.3 is 10.4 Å². The summed E-state index contributed by atoms with van der Waals surface area (Å²) in [5, 5.41) is 13.1. The number of aliphatic hydroxyl groups is 1. The fraction of sp³-hybridized carbons (Fsp3) is 0.235. The molecule has 0 saturated carbocycles. The maximum Gasteiger partial charge on any atom is 0.326 e. The summed E-state index contributed by atoms with van der Waals surface area (Å²) in [4.78, 5) is 14.2. The highest BCUT2D eigenvalue weighted by Gasteiger charge is 2.24. The van der Waals surface area contributed by atoms with Crippen LogP contribution in [-0.2, 0) is 0 Å². The van der Waals surface area contributed by atoms with Crippen LogP contribution in [0.3, 0.4) is 0 Å². The van der Waals surface area contributed by atoms with Crippen molar-refractivity contribution in [2.24, 2.45) is 0 Å². The van der Waals surface area contributed by atoms with Crippen molar-refractivity contribution >= 4 is 17.4 Å². The van der Waals surface area contributed by atoms with Crippen LogP contribution in [-0.4, -0.2) is 17.7 Å². The molecule has 0 radical (unpaired) electrons. The first-order valence-corrected chi connectivity index (χ1v) is 7.16. The summed E-state index contributed by atoms with van der Waals surface area (Å²) in [6, 6.07) is 16.8. The third-order valence-corrected chi connectivity index (χ3v) is 3.72. The van der Waals surface area contributed by atoms with Crippen LogP contribution in [0, 0.1) is 0 Å². The fourth-order valence-electron chi connectivity index (χ4n) is 2.66. The van der Waals surface area contributed by atoms with Gasteiger partial charge in [0.05, 0.1) is 11.8 Å². The molecule has 0 aliphatic carbocycles. The molecule has 2 aromatic rings. The second-order valence-corrected chi connectivity index (χ2v) is 5.16. The lowest BCUT2D eigenvalue weighted by Crippen LogP contribution is -2.35. The molecule has 0 bridgehead atoms. The number of anilines is 2. The van der Waals surface area contributed by atoms with E-state index in [1.807, 2.05) is 54.6 Å². The molecule has 0 saturated heterocycles. The summed E-state index contributed by atoms with van der Waals surface area (Å²) in [5.74, 6) is 0. The molecule has 2 N–H and O–H groups in total. The van der Waals surface area contributed by atoms with Crippen LogP contribution in [0.15, 0.2) is 54.6 Å². The van der Waals surface area contributed by atoms with Crippen LogP contribution in [0.1, 0.15) is 24.5 Å². The SMILES string of the molecule is O=C(Nc1ccccc1)N1CCCC(O)c2ccccc21. The van der Waals surface area contributed by atoms with Crippen LogP contribution < -0.4 is 10.2 Å². The van der Waals surface area contributed by atoms with Crippen molar-refractivity contribution < 1.29 is 9.90 Å². The topological polar surface area (TPSA) is 52.6 Å². The van der Waals surface area contributed by atoms with E-state index in [1.54, 1.807) is 4.90 Å².